The normalized spacial score (nSPS) is 18.5. The quantitative estimate of drug-likeness (QED) is 0.842. The minimum Gasteiger partial charge on any atom is -0.378 e. The molecule has 2 rings (SSSR count). The standard InChI is InChI=1S/C19H32N4O/c1-15(2)23-10-6-8-17(14-23)13-21-19(24)20-12-16-7-5-9-18(11-16)22(3)4/h5,7,9,11,15,17H,6,8,10,12-14H2,1-4H3,(H2,20,21,24)/t17-/m0/s1. The third-order valence-corrected chi connectivity index (χ3v) is 4.71. The molecule has 0 saturated carbocycles. The van der Waals surface area contributed by atoms with Gasteiger partial charge in [0.05, 0.1) is 0 Å². The van der Waals surface area contributed by atoms with Crippen molar-refractivity contribution >= 4 is 11.7 Å². The van der Waals surface area contributed by atoms with Crippen LogP contribution >= 0.6 is 0 Å². The van der Waals surface area contributed by atoms with E-state index in [0.29, 0.717) is 18.5 Å². The first-order valence-electron chi connectivity index (χ1n) is 8.97. The fourth-order valence-corrected chi connectivity index (χ4v) is 3.16. The summed E-state index contributed by atoms with van der Waals surface area (Å²) in [6.45, 7) is 8.06. The van der Waals surface area contributed by atoms with Gasteiger partial charge in [0.2, 0.25) is 0 Å². The molecule has 1 atom stereocenters. The molecule has 1 heterocycles. The van der Waals surface area contributed by atoms with Crippen molar-refractivity contribution in [3.8, 4) is 0 Å². The van der Waals surface area contributed by atoms with Gasteiger partial charge >= 0.3 is 6.03 Å². The van der Waals surface area contributed by atoms with Crippen LogP contribution in [-0.2, 0) is 6.54 Å². The van der Waals surface area contributed by atoms with Gasteiger partial charge in [0.1, 0.15) is 0 Å². The lowest BCUT2D eigenvalue weighted by molar-refractivity contribution is 0.139. The SMILES string of the molecule is CC(C)N1CCC[C@@H](CNC(=O)NCc2cccc(N(C)C)c2)C1. The van der Waals surface area contributed by atoms with Crippen LogP contribution in [0.5, 0.6) is 0 Å². The summed E-state index contributed by atoms with van der Waals surface area (Å²) in [7, 11) is 4.04. The van der Waals surface area contributed by atoms with Crippen LogP contribution in [-0.4, -0.2) is 50.7 Å². The van der Waals surface area contributed by atoms with Gasteiger partial charge in [-0.15, -0.1) is 0 Å². The zero-order valence-electron chi connectivity index (χ0n) is 15.5. The maximum absolute atomic E-state index is 12.0. The summed E-state index contributed by atoms with van der Waals surface area (Å²) < 4.78 is 0. The average Bonchev–Trinajstić information content (AvgIpc) is 2.58. The number of carbonyl (C=O) groups excluding carboxylic acids is 1. The zero-order chi connectivity index (χ0) is 17.5. The highest BCUT2D eigenvalue weighted by atomic mass is 16.2. The highest BCUT2D eigenvalue weighted by molar-refractivity contribution is 5.73. The molecule has 1 fully saturated rings. The number of anilines is 1. The van der Waals surface area contributed by atoms with E-state index in [-0.39, 0.29) is 6.03 Å². The molecule has 0 unspecified atom stereocenters. The van der Waals surface area contributed by atoms with E-state index in [4.69, 9.17) is 0 Å². The van der Waals surface area contributed by atoms with E-state index in [0.717, 1.165) is 24.3 Å². The van der Waals surface area contributed by atoms with Gasteiger partial charge in [-0.25, -0.2) is 4.79 Å². The molecule has 0 spiro atoms. The fraction of sp³-hybridized carbons (Fsp3) is 0.632. The van der Waals surface area contributed by atoms with Crippen LogP contribution in [0.3, 0.4) is 0 Å². The monoisotopic (exact) mass is 332 g/mol. The second-order valence-electron chi connectivity index (χ2n) is 7.22. The minimum atomic E-state index is -0.0769. The second-order valence-corrected chi connectivity index (χ2v) is 7.22. The van der Waals surface area contributed by atoms with Gasteiger partial charge in [0, 0.05) is 45.5 Å². The van der Waals surface area contributed by atoms with Crippen LogP contribution < -0.4 is 15.5 Å². The zero-order valence-corrected chi connectivity index (χ0v) is 15.5. The van der Waals surface area contributed by atoms with E-state index in [2.05, 4.69) is 46.4 Å². The number of benzene rings is 1. The Kier molecular flexibility index (Phi) is 6.91. The Morgan fingerprint density at radius 2 is 2.12 bits per heavy atom. The minimum absolute atomic E-state index is 0.0769. The molecule has 1 aromatic rings. The number of amides is 2. The Balaban J connectivity index is 1.72. The summed E-state index contributed by atoms with van der Waals surface area (Å²) in [4.78, 5) is 16.6. The van der Waals surface area contributed by atoms with Crippen molar-refractivity contribution in [2.75, 3.05) is 38.6 Å². The van der Waals surface area contributed by atoms with Gasteiger partial charge in [-0.2, -0.15) is 0 Å². The highest BCUT2D eigenvalue weighted by Crippen LogP contribution is 2.17. The second kappa shape index (κ2) is 8.92. The molecule has 1 aliphatic heterocycles. The van der Waals surface area contributed by atoms with Crippen LogP contribution in [0, 0.1) is 5.92 Å². The molecule has 5 nitrogen and oxygen atoms in total. The van der Waals surface area contributed by atoms with E-state index < -0.39 is 0 Å². The van der Waals surface area contributed by atoms with Gasteiger partial charge in [-0.1, -0.05) is 12.1 Å². The van der Waals surface area contributed by atoms with Crippen molar-refractivity contribution in [1.29, 1.82) is 0 Å². The largest absolute Gasteiger partial charge is 0.378 e. The summed E-state index contributed by atoms with van der Waals surface area (Å²) in [5, 5.41) is 5.99. The molecule has 2 amide bonds. The van der Waals surface area contributed by atoms with E-state index >= 15 is 0 Å². The van der Waals surface area contributed by atoms with Crippen LogP contribution in [0.15, 0.2) is 24.3 Å². The first-order chi connectivity index (χ1) is 11.5. The molecule has 134 valence electrons. The summed E-state index contributed by atoms with van der Waals surface area (Å²) in [5.74, 6) is 0.559. The van der Waals surface area contributed by atoms with Crippen molar-refractivity contribution in [3.63, 3.8) is 0 Å². The molecule has 1 aromatic carbocycles. The third-order valence-electron chi connectivity index (χ3n) is 4.71. The third kappa shape index (κ3) is 5.71. The number of carbonyl (C=O) groups is 1. The first kappa shape index (κ1) is 18.6. The molecule has 0 bridgehead atoms. The summed E-state index contributed by atoms with van der Waals surface area (Å²) in [5.41, 5.74) is 2.26. The summed E-state index contributed by atoms with van der Waals surface area (Å²) in [6.07, 6.45) is 2.43. The predicted molar refractivity (Wildman–Crippen MR) is 100 cm³/mol. The first-order valence-corrected chi connectivity index (χ1v) is 8.97. The number of urea groups is 1. The lowest BCUT2D eigenvalue weighted by atomic mass is 9.97. The molecule has 1 saturated heterocycles. The van der Waals surface area contributed by atoms with Crippen molar-refractivity contribution in [1.82, 2.24) is 15.5 Å². The van der Waals surface area contributed by atoms with Crippen molar-refractivity contribution in [2.24, 2.45) is 5.92 Å². The summed E-state index contributed by atoms with van der Waals surface area (Å²) in [6, 6.07) is 8.73. The van der Waals surface area contributed by atoms with Gasteiger partial charge in [0.15, 0.2) is 0 Å². The molecule has 0 aromatic heterocycles. The Morgan fingerprint density at radius 1 is 1.33 bits per heavy atom. The van der Waals surface area contributed by atoms with E-state index in [1.165, 1.54) is 19.4 Å². The van der Waals surface area contributed by atoms with Crippen molar-refractivity contribution in [2.45, 2.75) is 39.3 Å². The van der Waals surface area contributed by atoms with Gasteiger partial charge in [-0.05, 0) is 56.8 Å². The Hall–Kier alpha value is -1.75. The number of hydrogen-bond donors (Lipinski definition) is 2. The molecule has 0 aliphatic carbocycles. The number of piperidine rings is 1. The molecule has 24 heavy (non-hydrogen) atoms. The Labute approximate surface area is 146 Å². The number of likely N-dealkylation sites (tertiary alicyclic amines) is 1. The molecule has 0 radical (unpaired) electrons. The topological polar surface area (TPSA) is 47.6 Å². The van der Waals surface area contributed by atoms with Crippen LogP contribution in [0.4, 0.5) is 10.5 Å². The van der Waals surface area contributed by atoms with Crippen LogP contribution in [0.25, 0.3) is 0 Å². The highest BCUT2D eigenvalue weighted by Gasteiger charge is 2.21. The fourth-order valence-electron chi connectivity index (χ4n) is 3.16. The predicted octanol–water partition coefficient (Wildman–Crippen LogP) is 2.67. The van der Waals surface area contributed by atoms with Crippen LogP contribution in [0.1, 0.15) is 32.3 Å². The molecule has 2 N–H and O–H groups in total. The van der Waals surface area contributed by atoms with Gasteiger partial charge in [-0.3, -0.25) is 0 Å². The lowest BCUT2D eigenvalue weighted by Gasteiger charge is -2.35. The molecular formula is C19H32N4O. The smallest absolute Gasteiger partial charge is 0.315 e. The van der Waals surface area contributed by atoms with Gasteiger partial charge < -0.3 is 20.4 Å². The van der Waals surface area contributed by atoms with Crippen molar-refractivity contribution in [3.05, 3.63) is 29.8 Å². The van der Waals surface area contributed by atoms with Crippen LogP contribution in [0.2, 0.25) is 0 Å². The maximum atomic E-state index is 12.0. The maximum Gasteiger partial charge on any atom is 0.315 e. The molecule has 5 heteroatoms. The van der Waals surface area contributed by atoms with E-state index in [1.54, 1.807) is 0 Å². The Bertz CT molecular complexity index is 530. The Morgan fingerprint density at radius 3 is 2.83 bits per heavy atom. The average molecular weight is 332 g/mol. The number of hydrogen-bond acceptors (Lipinski definition) is 3. The summed E-state index contributed by atoms with van der Waals surface area (Å²) >= 11 is 0. The number of rotatable bonds is 6. The van der Waals surface area contributed by atoms with Gasteiger partial charge in [0.25, 0.3) is 0 Å². The van der Waals surface area contributed by atoms with E-state index in [9.17, 15) is 4.79 Å². The molecular weight excluding hydrogens is 300 g/mol. The lowest BCUT2D eigenvalue weighted by Crippen LogP contribution is -2.45. The molecule has 1 aliphatic rings. The number of nitrogens with one attached hydrogen (secondary N) is 2. The van der Waals surface area contributed by atoms with Crippen molar-refractivity contribution < 1.29 is 4.79 Å². The number of nitrogens with zero attached hydrogens (tertiary/aromatic N) is 2. The van der Waals surface area contributed by atoms with E-state index in [1.807, 2.05) is 26.2 Å².